The Morgan fingerprint density at radius 1 is 0.850 bits per heavy atom. The minimum atomic E-state index is -0.562. The largest absolute Gasteiger partial charge is 0.394 e. The van der Waals surface area contributed by atoms with Crippen LogP contribution in [0.25, 0.3) is 0 Å². The van der Waals surface area contributed by atoms with E-state index in [1.807, 2.05) is 0 Å². The quantitative estimate of drug-likeness (QED) is 0.560. The fourth-order valence-electron chi connectivity index (χ4n) is 1.02. The van der Waals surface area contributed by atoms with Crippen molar-refractivity contribution in [1.29, 1.82) is 0 Å². The highest BCUT2D eigenvalue weighted by Gasteiger charge is 2.12. The van der Waals surface area contributed by atoms with Crippen LogP contribution in [0.1, 0.15) is 34.6 Å². The number of rotatable bonds is 3. The summed E-state index contributed by atoms with van der Waals surface area (Å²) >= 11 is 1.11. The summed E-state index contributed by atoms with van der Waals surface area (Å²) in [5.41, 5.74) is 0. The number of thioether (sulfide) groups is 1. The van der Waals surface area contributed by atoms with Gasteiger partial charge in [-0.05, 0) is 0 Å². The molecule has 0 radical (unpaired) electrons. The molecule has 0 saturated carbocycles. The van der Waals surface area contributed by atoms with Gasteiger partial charge in [-0.3, -0.25) is 28.9 Å². The average Bonchev–Trinajstić information content (AvgIpc) is 2.21. The maximum Gasteiger partial charge on any atom is 0.310 e. The van der Waals surface area contributed by atoms with Gasteiger partial charge in [0.05, 0.1) is 0 Å². The summed E-state index contributed by atoms with van der Waals surface area (Å²) in [6, 6.07) is 0. The summed E-state index contributed by atoms with van der Waals surface area (Å²) in [4.78, 5) is 53.0. The van der Waals surface area contributed by atoms with Crippen LogP contribution in [0.3, 0.4) is 0 Å². The highest BCUT2D eigenvalue weighted by Crippen LogP contribution is 2.02. The first-order chi connectivity index (χ1) is 9.07. The van der Waals surface area contributed by atoms with Crippen LogP contribution in [0, 0.1) is 0 Å². The Bertz CT molecular complexity index is 367. The van der Waals surface area contributed by atoms with Gasteiger partial charge in [0, 0.05) is 46.9 Å². The van der Waals surface area contributed by atoms with Crippen molar-refractivity contribution < 1.29 is 28.7 Å². The van der Waals surface area contributed by atoms with E-state index in [1.165, 1.54) is 34.6 Å². The summed E-state index contributed by atoms with van der Waals surface area (Å²) in [6.45, 7) is 6.79. The van der Waals surface area contributed by atoms with Crippen molar-refractivity contribution in [3.8, 4) is 0 Å². The molecule has 0 fully saturated rings. The van der Waals surface area contributed by atoms with E-state index in [4.69, 9.17) is 0 Å². The molecule has 0 aromatic carbocycles. The molecule has 0 aromatic rings. The van der Waals surface area contributed by atoms with E-state index in [2.05, 4.69) is 4.74 Å². The van der Waals surface area contributed by atoms with Crippen LogP contribution < -0.4 is 0 Å². The van der Waals surface area contributed by atoms with Gasteiger partial charge in [-0.1, -0.05) is 11.8 Å². The molecule has 0 spiro atoms. The van der Waals surface area contributed by atoms with Crippen LogP contribution in [-0.4, -0.2) is 46.1 Å². The zero-order chi connectivity index (χ0) is 16.3. The second-order valence-corrected chi connectivity index (χ2v) is 4.89. The molecule has 0 bridgehead atoms. The topological polar surface area (TPSA) is 97.8 Å². The second kappa shape index (κ2) is 11.2. The highest BCUT2D eigenvalue weighted by atomic mass is 32.2. The van der Waals surface area contributed by atoms with Gasteiger partial charge in [-0.15, -0.1) is 0 Å². The van der Waals surface area contributed by atoms with Crippen molar-refractivity contribution >= 4 is 40.6 Å². The first kappa shape index (κ1) is 20.6. The molecule has 0 saturated heterocycles. The first-order valence-electron chi connectivity index (χ1n) is 5.69. The summed E-state index contributed by atoms with van der Waals surface area (Å²) in [7, 11) is 0. The first-order valence-corrected chi connectivity index (χ1v) is 6.67. The molecule has 0 aliphatic rings. The van der Waals surface area contributed by atoms with Gasteiger partial charge in [-0.2, -0.15) is 0 Å². The maximum atomic E-state index is 10.9. The number of esters is 2. The average molecular weight is 305 g/mol. The lowest BCUT2D eigenvalue weighted by Gasteiger charge is -2.15. The Hall–Kier alpha value is -1.70. The number of carbonyl (C=O) groups excluding carboxylic acids is 5. The normalized spacial score (nSPS) is 8.85. The van der Waals surface area contributed by atoms with Gasteiger partial charge in [0.15, 0.2) is 5.12 Å². The third kappa shape index (κ3) is 14.4. The molecule has 0 atom stereocenters. The van der Waals surface area contributed by atoms with E-state index >= 15 is 0 Å². The van der Waals surface area contributed by atoms with Gasteiger partial charge >= 0.3 is 11.9 Å². The lowest BCUT2D eigenvalue weighted by Crippen LogP contribution is -2.35. The van der Waals surface area contributed by atoms with Gasteiger partial charge in [0.2, 0.25) is 11.8 Å². The lowest BCUT2D eigenvalue weighted by atomic mass is 10.5. The molecular weight excluding hydrogens is 286 g/mol. The van der Waals surface area contributed by atoms with E-state index in [1.54, 1.807) is 0 Å². The zero-order valence-electron chi connectivity index (χ0n) is 12.2. The van der Waals surface area contributed by atoms with Crippen LogP contribution in [0.5, 0.6) is 0 Å². The molecule has 0 aliphatic carbocycles. The van der Waals surface area contributed by atoms with Crippen LogP contribution in [0.2, 0.25) is 0 Å². The molecule has 8 heteroatoms. The maximum absolute atomic E-state index is 10.9. The SMILES string of the molecule is CC(=O)OC(C)=O.CC(=O)SCCN(C(C)=O)C(C)=O. The van der Waals surface area contributed by atoms with Crippen LogP contribution >= 0.6 is 11.8 Å². The van der Waals surface area contributed by atoms with Gasteiger partial charge < -0.3 is 4.74 Å². The molecule has 114 valence electrons. The fraction of sp³-hybridized carbons (Fsp3) is 0.583. The van der Waals surface area contributed by atoms with Crippen molar-refractivity contribution in [2.24, 2.45) is 0 Å². The number of nitrogens with zero attached hydrogens (tertiary/aromatic N) is 1. The number of carbonyl (C=O) groups is 5. The Balaban J connectivity index is 0. The molecule has 7 nitrogen and oxygen atoms in total. The monoisotopic (exact) mass is 305 g/mol. The third-order valence-corrected chi connectivity index (χ3v) is 2.46. The van der Waals surface area contributed by atoms with Crippen molar-refractivity contribution in [3.05, 3.63) is 0 Å². The summed E-state index contributed by atoms with van der Waals surface area (Å²) < 4.78 is 3.97. The number of amides is 2. The second-order valence-electron chi connectivity index (χ2n) is 3.61. The number of imide groups is 1. The third-order valence-electron chi connectivity index (χ3n) is 1.67. The van der Waals surface area contributed by atoms with E-state index in [0.717, 1.165) is 16.7 Å². The number of hydrogen-bond donors (Lipinski definition) is 0. The van der Waals surface area contributed by atoms with Gasteiger partial charge in [0.25, 0.3) is 0 Å². The molecule has 0 unspecified atom stereocenters. The molecular formula is C12H19NO6S. The molecule has 0 aliphatic heterocycles. The fourth-order valence-corrected chi connectivity index (χ4v) is 1.58. The molecule has 0 heterocycles. The Labute approximate surface area is 122 Å². The Kier molecular flexibility index (Phi) is 11.5. The van der Waals surface area contributed by atoms with Crippen molar-refractivity contribution in [1.82, 2.24) is 4.90 Å². The Morgan fingerprint density at radius 2 is 1.25 bits per heavy atom. The van der Waals surface area contributed by atoms with E-state index < -0.39 is 11.9 Å². The molecule has 2 amide bonds. The smallest absolute Gasteiger partial charge is 0.310 e. The van der Waals surface area contributed by atoms with Gasteiger partial charge in [0.1, 0.15) is 0 Å². The predicted molar refractivity (Wildman–Crippen MR) is 73.7 cm³/mol. The standard InChI is InChI=1S/C8H13NO3S.C4H6O3/c1-6(10)9(7(2)11)4-5-13-8(3)12;1-3(5)7-4(2)6/h4-5H2,1-3H3;1-2H3. The van der Waals surface area contributed by atoms with Gasteiger partial charge in [-0.25, -0.2) is 0 Å². The molecule has 0 aromatic heterocycles. The lowest BCUT2D eigenvalue weighted by molar-refractivity contribution is -0.156. The minimum absolute atomic E-state index is 0.00736. The highest BCUT2D eigenvalue weighted by molar-refractivity contribution is 8.13. The van der Waals surface area contributed by atoms with Crippen LogP contribution in [0.4, 0.5) is 0 Å². The zero-order valence-corrected chi connectivity index (χ0v) is 13.0. The van der Waals surface area contributed by atoms with E-state index in [0.29, 0.717) is 12.3 Å². The Morgan fingerprint density at radius 3 is 1.45 bits per heavy atom. The van der Waals surface area contributed by atoms with Crippen molar-refractivity contribution in [2.45, 2.75) is 34.6 Å². The van der Waals surface area contributed by atoms with E-state index in [-0.39, 0.29) is 16.9 Å². The summed E-state index contributed by atoms with van der Waals surface area (Å²) in [5, 5.41) is -0.00736. The van der Waals surface area contributed by atoms with E-state index in [9.17, 15) is 24.0 Å². The van der Waals surface area contributed by atoms with Crippen molar-refractivity contribution in [2.75, 3.05) is 12.3 Å². The summed E-state index contributed by atoms with van der Waals surface area (Å²) in [6.07, 6.45) is 0. The molecule has 20 heavy (non-hydrogen) atoms. The van der Waals surface area contributed by atoms with Crippen LogP contribution in [0.15, 0.2) is 0 Å². The predicted octanol–water partition coefficient (Wildman–Crippen LogP) is 0.757. The minimum Gasteiger partial charge on any atom is -0.394 e. The number of hydrogen-bond acceptors (Lipinski definition) is 7. The molecule has 0 rings (SSSR count). The van der Waals surface area contributed by atoms with Crippen LogP contribution in [-0.2, 0) is 28.7 Å². The molecule has 0 N–H and O–H groups in total. The number of ether oxygens (including phenoxy) is 1. The summed E-state index contributed by atoms with van der Waals surface area (Å²) in [5.74, 6) is -1.22. The van der Waals surface area contributed by atoms with Crippen molar-refractivity contribution in [3.63, 3.8) is 0 Å².